The third-order valence-corrected chi connectivity index (χ3v) is 4.60. The van der Waals surface area contributed by atoms with Crippen LogP contribution < -0.4 is 9.46 Å². The second kappa shape index (κ2) is 5.69. The van der Waals surface area contributed by atoms with Crippen molar-refractivity contribution in [3.63, 3.8) is 0 Å². The first-order valence-electron chi connectivity index (χ1n) is 6.00. The van der Waals surface area contributed by atoms with Gasteiger partial charge in [-0.3, -0.25) is 0 Å². The maximum absolute atomic E-state index is 12.0. The minimum absolute atomic E-state index is 0.253. The van der Waals surface area contributed by atoms with Gasteiger partial charge in [0.15, 0.2) is 0 Å². The zero-order chi connectivity index (χ0) is 13.0. The van der Waals surface area contributed by atoms with E-state index in [9.17, 15) is 8.42 Å². The standard InChI is InChI=1S/C12H18N2O3S/c1-17-12-7-3-2-6-11(12)10-13-18(15,16)14-8-4-5-9-14/h2-3,6-7,13H,4-5,8-10H2,1H3. The number of ether oxygens (including phenoxy) is 1. The Balaban J connectivity index is 2.02. The summed E-state index contributed by atoms with van der Waals surface area (Å²) in [6.07, 6.45) is 1.88. The van der Waals surface area contributed by atoms with E-state index in [2.05, 4.69) is 4.72 Å². The second-order valence-corrected chi connectivity index (χ2v) is 6.00. The van der Waals surface area contributed by atoms with Crippen LogP contribution in [0.5, 0.6) is 5.75 Å². The Labute approximate surface area is 108 Å². The normalized spacial score (nSPS) is 16.9. The van der Waals surface area contributed by atoms with Crippen molar-refractivity contribution in [2.24, 2.45) is 0 Å². The second-order valence-electron chi connectivity index (χ2n) is 4.24. The van der Waals surface area contributed by atoms with Crippen LogP contribution >= 0.6 is 0 Å². The summed E-state index contributed by atoms with van der Waals surface area (Å²) in [5, 5.41) is 0. The van der Waals surface area contributed by atoms with Crippen LogP contribution in [0.15, 0.2) is 24.3 Å². The van der Waals surface area contributed by atoms with E-state index in [1.807, 2.05) is 24.3 Å². The van der Waals surface area contributed by atoms with E-state index in [-0.39, 0.29) is 6.54 Å². The number of nitrogens with one attached hydrogen (secondary N) is 1. The number of methoxy groups -OCH3 is 1. The Morgan fingerprint density at radius 3 is 2.61 bits per heavy atom. The van der Waals surface area contributed by atoms with Crippen molar-refractivity contribution in [1.29, 1.82) is 0 Å². The molecular weight excluding hydrogens is 252 g/mol. The maximum Gasteiger partial charge on any atom is 0.279 e. The Kier molecular flexibility index (Phi) is 4.21. The molecule has 0 saturated carbocycles. The molecule has 1 saturated heterocycles. The summed E-state index contributed by atoms with van der Waals surface area (Å²) in [4.78, 5) is 0. The van der Waals surface area contributed by atoms with Gasteiger partial charge in [-0.15, -0.1) is 0 Å². The molecule has 100 valence electrons. The van der Waals surface area contributed by atoms with Crippen LogP contribution in [0.3, 0.4) is 0 Å². The molecule has 1 aliphatic heterocycles. The minimum atomic E-state index is -3.36. The van der Waals surface area contributed by atoms with Crippen molar-refractivity contribution in [2.45, 2.75) is 19.4 Å². The zero-order valence-corrected chi connectivity index (χ0v) is 11.2. The summed E-state index contributed by atoms with van der Waals surface area (Å²) in [5.41, 5.74) is 0.836. The Morgan fingerprint density at radius 1 is 1.28 bits per heavy atom. The highest BCUT2D eigenvalue weighted by Crippen LogP contribution is 2.18. The summed E-state index contributed by atoms with van der Waals surface area (Å²) in [7, 11) is -1.78. The Morgan fingerprint density at radius 2 is 1.94 bits per heavy atom. The molecule has 18 heavy (non-hydrogen) atoms. The highest BCUT2D eigenvalue weighted by atomic mass is 32.2. The van der Waals surface area contributed by atoms with Crippen molar-refractivity contribution in [2.75, 3.05) is 20.2 Å². The Bertz CT molecular complexity index is 496. The molecule has 5 nitrogen and oxygen atoms in total. The van der Waals surface area contributed by atoms with E-state index in [0.29, 0.717) is 18.8 Å². The molecule has 1 N–H and O–H groups in total. The van der Waals surface area contributed by atoms with Crippen LogP contribution in [0.25, 0.3) is 0 Å². The summed E-state index contributed by atoms with van der Waals surface area (Å²) in [6, 6.07) is 7.39. The molecule has 2 rings (SSSR count). The molecule has 1 aliphatic rings. The maximum atomic E-state index is 12.0. The van der Waals surface area contributed by atoms with Gasteiger partial charge in [-0.05, 0) is 18.9 Å². The molecule has 0 radical (unpaired) electrons. The van der Waals surface area contributed by atoms with E-state index in [0.717, 1.165) is 18.4 Å². The molecule has 1 heterocycles. The van der Waals surface area contributed by atoms with Crippen LogP contribution in [0.1, 0.15) is 18.4 Å². The average molecular weight is 270 g/mol. The first-order valence-corrected chi connectivity index (χ1v) is 7.44. The molecule has 1 aromatic carbocycles. The van der Waals surface area contributed by atoms with Gasteiger partial charge in [0.25, 0.3) is 10.2 Å². The molecule has 0 aromatic heterocycles. The lowest BCUT2D eigenvalue weighted by Gasteiger charge is -2.16. The molecule has 0 unspecified atom stereocenters. The third kappa shape index (κ3) is 3.01. The van der Waals surface area contributed by atoms with Crippen LogP contribution in [-0.2, 0) is 16.8 Å². The first kappa shape index (κ1) is 13.3. The van der Waals surface area contributed by atoms with Crippen molar-refractivity contribution in [1.82, 2.24) is 9.03 Å². The van der Waals surface area contributed by atoms with E-state index >= 15 is 0 Å². The molecule has 1 fully saturated rings. The Hall–Kier alpha value is -1.11. The molecular formula is C12H18N2O3S. The number of nitrogens with zero attached hydrogens (tertiary/aromatic N) is 1. The lowest BCUT2D eigenvalue weighted by atomic mass is 10.2. The lowest BCUT2D eigenvalue weighted by molar-refractivity contribution is 0.408. The largest absolute Gasteiger partial charge is 0.496 e. The molecule has 6 heteroatoms. The smallest absolute Gasteiger partial charge is 0.279 e. The van der Waals surface area contributed by atoms with E-state index < -0.39 is 10.2 Å². The predicted molar refractivity (Wildman–Crippen MR) is 69.6 cm³/mol. The van der Waals surface area contributed by atoms with Crippen LogP contribution in [0, 0.1) is 0 Å². The topological polar surface area (TPSA) is 58.6 Å². The number of hydrogen-bond acceptors (Lipinski definition) is 3. The number of para-hydroxylation sites is 1. The monoisotopic (exact) mass is 270 g/mol. The molecule has 0 amide bonds. The van der Waals surface area contributed by atoms with E-state index in [4.69, 9.17) is 4.74 Å². The summed E-state index contributed by atoms with van der Waals surface area (Å²) in [5.74, 6) is 0.696. The van der Waals surface area contributed by atoms with Crippen LogP contribution in [0.2, 0.25) is 0 Å². The molecule has 1 aromatic rings. The fraction of sp³-hybridized carbons (Fsp3) is 0.500. The number of hydrogen-bond donors (Lipinski definition) is 1. The molecule has 0 atom stereocenters. The van der Waals surface area contributed by atoms with Gasteiger partial charge in [-0.2, -0.15) is 17.4 Å². The fourth-order valence-electron chi connectivity index (χ4n) is 2.04. The zero-order valence-electron chi connectivity index (χ0n) is 10.4. The molecule has 0 spiro atoms. The van der Waals surface area contributed by atoms with Gasteiger partial charge in [0, 0.05) is 25.2 Å². The highest BCUT2D eigenvalue weighted by molar-refractivity contribution is 7.87. The van der Waals surface area contributed by atoms with Gasteiger partial charge < -0.3 is 4.74 Å². The summed E-state index contributed by atoms with van der Waals surface area (Å²) < 4.78 is 33.2. The van der Waals surface area contributed by atoms with Crippen LogP contribution in [-0.4, -0.2) is 32.9 Å². The lowest BCUT2D eigenvalue weighted by Crippen LogP contribution is -2.38. The van der Waals surface area contributed by atoms with E-state index in [1.165, 1.54) is 4.31 Å². The van der Waals surface area contributed by atoms with Gasteiger partial charge in [-0.25, -0.2) is 0 Å². The highest BCUT2D eigenvalue weighted by Gasteiger charge is 2.24. The first-order chi connectivity index (χ1) is 8.63. The van der Waals surface area contributed by atoms with Crippen molar-refractivity contribution in [3.8, 4) is 5.75 Å². The average Bonchev–Trinajstić information content (AvgIpc) is 2.91. The number of rotatable bonds is 5. The summed E-state index contributed by atoms with van der Waals surface area (Å²) >= 11 is 0. The van der Waals surface area contributed by atoms with Crippen molar-refractivity contribution in [3.05, 3.63) is 29.8 Å². The van der Waals surface area contributed by atoms with Crippen molar-refractivity contribution >= 4 is 10.2 Å². The van der Waals surface area contributed by atoms with E-state index in [1.54, 1.807) is 7.11 Å². The third-order valence-electron chi connectivity index (χ3n) is 3.04. The fourth-order valence-corrected chi connectivity index (χ4v) is 3.30. The van der Waals surface area contributed by atoms with Gasteiger partial charge in [0.2, 0.25) is 0 Å². The van der Waals surface area contributed by atoms with Crippen LogP contribution in [0.4, 0.5) is 0 Å². The number of benzene rings is 1. The SMILES string of the molecule is COc1ccccc1CNS(=O)(=O)N1CCCC1. The van der Waals surface area contributed by atoms with Crippen molar-refractivity contribution < 1.29 is 13.2 Å². The minimum Gasteiger partial charge on any atom is -0.496 e. The quantitative estimate of drug-likeness (QED) is 0.872. The van der Waals surface area contributed by atoms with Gasteiger partial charge in [-0.1, -0.05) is 18.2 Å². The van der Waals surface area contributed by atoms with Gasteiger partial charge in [0.05, 0.1) is 7.11 Å². The van der Waals surface area contributed by atoms with Gasteiger partial charge >= 0.3 is 0 Å². The van der Waals surface area contributed by atoms with Gasteiger partial charge in [0.1, 0.15) is 5.75 Å². The molecule has 0 bridgehead atoms. The predicted octanol–water partition coefficient (Wildman–Crippen LogP) is 1.13. The summed E-state index contributed by atoms with van der Waals surface area (Å²) in [6.45, 7) is 1.48. The molecule has 0 aliphatic carbocycles.